The fourth-order valence-electron chi connectivity index (χ4n) is 1.16. The molecule has 0 aliphatic heterocycles. The highest BCUT2D eigenvalue weighted by atomic mass is 35.5. The molecule has 86 valence electrons. The molecule has 1 aromatic rings. The van der Waals surface area contributed by atoms with E-state index < -0.39 is 5.97 Å². The number of aromatic hydroxyl groups is 1. The van der Waals surface area contributed by atoms with Crippen LogP contribution in [0.3, 0.4) is 0 Å². The highest BCUT2D eigenvalue weighted by Gasteiger charge is 2.15. The molecule has 4 nitrogen and oxygen atoms in total. The highest BCUT2D eigenvalue weighted by molar-refractivity contribution is 6.30. The summed E-state index contributed by atoms with van der Waals surface area (Å²) in [4.78, 5) is 22.7. The van der Waals surface area contributed by atoms with Crippen LogP contribution in [0.2, 0.25) is 0 Å². The maximum atomic E-state index is 11.4. The number of phenolic OH excluding ortho intramolecular Hbond substituents is 1. The summed E-state index contributed by atoms with van der Waals surface area (Å²) in [7, 11) is 0. The molecule has 0 heterocycles. The van der Waals surface area contributed by atoms with Gasteiger partial charge in [-0.1, -0.05) is 0 Å². The molecule has 0 amide bonds. The Balaban J connectivity index is 3.08. The quantitative estimate of drug-likeness (QED) is 0.498. The van der Waals surface area contributed by atoms with E-state index in [9.17, 15) is 14.7 Å². The molecule has 0 unspecified atom stereocenters. The zero-order chi connectivity index (χ0) is 12.1. The van der Waals surface area contributed by atoms with E-state index in [0.29, 0.717) is 0 Å². The minimum atomic E-state index is -0.663. The minimum absolute atomic E-state index is 0.0298. The monoisotopic (exact) mass is 242 g/mol. The van der Waals surface area contributed by atoms with Crippen LogP contribution in [0, 0.1) is 0 Å². The van der Waals surface area contributed by atoms with Gasteiger partial charge in [-0.15, -0.1) is 11.6 Å². The van der Waals surface area contributed by atoms with Gasteiger partial charge in [-0.25, -0.2) is 4.79 Å². The van der Waals surface area contributed by atoms with Crippen LogP contribution in [-0.4, -0.2) is 29.3 Å². The summed E-state index contributed by atoms with van der Waals surface area (Å²) in [5, 5.41) is 9.44. The Morgan fingerprint density at radius 3 is 2.69 bits per heavy atom. The molecular formula is C11H11ClO4. The van der Waals surface area contributed by atoms with Crippen molar-refractivity contribution >= 4 is 23.4 Å². The number of ketones is 1. The second-order valence-electron chi connectivity index (χ2n) is 3.01. The van der Waals surface area contributed by atoms with Gasteiger partial charge in [0, 0.05) is 5.56 Å². The molecular weight excluding hydrogens is 232 g/mol. The minimum Gasteiger partial charge on any atom is -0.507 e. The van der Waals surface area contributed by atoms with Crippen molar-refractivity contribution in [1.29, 1.82) is 0 Å². The number of phenols is 1. The second-order valence-corrected chi connectivity index (χ2v) is 3.28. The summed E-state index contributed by atoms with van der Waals surface area (Å²) in [6.45, 7) is 1.86. The third-order valence-corrected chi connectivity index (χ3v) is 2.18. The average molecular weight is 243 g/mol. The number of carbonyl (C=O) groups excluding carboxylic acids is 2. The highest BCUT2D eigenvalue weighted by Crippen LogP contribution is 2.20. The largest absolute Gasteiger partial charge is 0.507 e. The SMILES string of the molecule is CCOC(=O)c1cc(C(=O)CCl)ccc1O. The van der Waals surface area contributed by atoms with Crippen molar-refractivity contribution in [3.05, 3.63) is 29.3 Å². The second kappa shape index (κ2) is 5.51. The third-order valence-electron chi connectivity index (χ3n) is 1.94. The summed E-state index contributed by atoms with van der Waals surface area (Å²) in [5.74, 6) is -1.37. The summed E-state index contributed by atoms with van der Waals surface area (Å²) < 4.78 is 4.73. The van der Waals surface area contributed by atoms with Crippen LogP contribution in [0.1, 0.15) is 27.6 Å². The number of Topliss-reactive ketones (excluding diaryl/α,β-unsaturated/α-hetero) is 1. The molecule has 5 heteroatoms. The first-order valence-corrected chi connectivity index (χ1v) is 5.23. The number of halogens is 1. The molecule has 1 aromatic carbocycles. The van der Waals surface area contributed by atoms with E-state index in [-0.39, 0.29) is 35.1 Å². The van der Waals surface area contributed by atoms with E-state index >= 15 is 0 Å². The zero-order valence-corrected chi connectivity index (χ0v) is 9.45. The molecule has 0 aliphatic rings. The zero-order valence-electron chi connectivity index (χ0n) is 8.70. The fraction of sp³-hybridized carbons (Fsp3) is 0.273. The number of esters is 1. The average Bonchev–Trinajstić information content (AvgIpc) is 2.29. The fourth-order valence-corrected chi connectivity index (χ4v) is 1.31. The van der Waals surface area contributed by atoms with E-state index in [0.717, 1.165) is 0 Å². The third kappa shape index (κ3) is 2.73. The molecule has 0 bridgehead atoms. The standard InChI is InChI=1S/C11H11ClO4/c1-2-16-11(15)8-5-7(10(14)6-12)3-4-9(8)13/h3-5,13H,2,6H2,1H3. The van der Waals surface area contributed by atoms with E-state index in [1.807, 2.05) is 0 Å². The van der Waals surface area contributed by atoms with E-state index in [4.69, 9.17) is 16.3 Å². The smallest absolute Gasteiger partial charge is 0.341 e. The van der Waals surface area contributed by atoms with Gasteiger partial charge in [-0.05, 0) is 25.1 Å². The van der Waals surface area contributed by atoms with Gasteiger partial charge in [-0.3, -0.25) is 4.79 Å². The Kier molecular flexibility index (Phi) is 4.31. The molecule has 0 saturated heterocycles. The molecule has 1 rings (SSSR count). The topological polar surface area (TPSA) is 63.6 Å². The first-order chi connectivity index (χ1) is 7.60. The van der Waals surface area contributed by atoms with Gasteiger partial charge >= 0.3 is 5.97 Å². The van der Waals surface area contributed by atoms with Crippen molar-refractivity contribution in [2.24, 2.45) is 0 Å². The summed E-state index contributed by atoms with van der Waals surface area (Å²) in [5.41, 5.74) is 0.244. The van der Waals surface area contributed by atoms with Gasteiger partial charge in [0.2, 0.25) is 0 Å². The molecule has 0 radical (unpaired) electrons. The lowest BCUT2D eigenvalue weighted by molar-refractivity contribution is 0.0523. The molecule has 0 aliphatic carbocycles. The summed E-state index contributed by atoms with van der Waals surface area (Å²) >= 11 is 5.39. The Bertz CT molecular complexity index is 414. The number of rotatable bonds is 4. The summed E-state index contributed by atoms with van der Waals surface area (Å²) in [6, 6.07) is 3.95. The van der Waals surface area contributed by atoms with Gasteiger partial charge in [0.1, 0.15) is 11.3 Å². The normalized spacial score (nSPS) is 9.88. The first kappa shape index (κ1) is 12.5. The lowest BCUT2D eigenvalue weighted by Gasteiger charge is -2.05. The molecule has 1 N–H and O–H groups in total. The van der Waals surface area contributed by atoms with Crippen LogP contribution < -0.4 is 0 Å². The Labute approximate surface area is 97.8 Å². The number of alkyl halides is 1. The van der Waals surface area contributed by atoms with Crippen LogP contribution in [0.4, 0.5) is 0 Å². The molecule has 16 heavy (non-hydrogen) atoms. The van der Waals surface area contributed by atoms with Crippen molar-refractivity contribution < 1.29 is 19.4 Å². The Hall–Kier alpha value is -1.55. The van der Waals surface area contributed by atoms with Crippen LogP contribution in [-0.2, 0) is 4.74 Å². The Morgan fingerprint density at radius 1 is 1.44 bits per heavy atom. The predicted octanol–water partition coefficient (Wildman–Crippen LogP) is 1.99. The van der Waals surface area contributed by atoms with Crippen LogP contribution >= 0.6 is 11.6 Å². The van der Waals surface area contributed by atoms with Gasteiger partial charge in [0.25, 0.3) is 0 Å². The molecule has 0 fully saturated rings. The van der Waals surface area contributed by atoms with E-state index in [1.54, 1.807) is 6.92 Å². The van der Waals surface area contributed by atoms with Crippen molar-refractivity contribution in [3.63, 3.8) is 0 Å². The van der Waals surface area contributed by atoms with E-state index in [1.165, 1.54) is 18.2 Å². The van der Waals surface area contributed by atoms with Crippen LogP contribution in [0.5, 0.6) is 5.75 Å². The maximum absolute atomic E-state index is 11.4. The van der Waals surface area contributed by atoms with Crippen molar-refractivity contribution in [2.75, 3.05) is 12.5 Å². The lowest BCUT2D eigenvalue weighted by atomic mass is 10.1. The lowest BCUT2D eigenvalue weighted by Crippen LogP contribution is -2.07. The van der Waals surface area contributed by atoms with Crippen LogP contribution in [0.15, 0.2) is 18.2 Å². The number of ether oxygens (including phenoxy) is 1. The van der Waals surface area contributed by atoms with Gasteiger partial charge in [0.05, 0.1) is 12.5 Å². The van der Waals surface area contributed by atoms with E-state index in [2.05, 4.69) is 0 Å². The van der Waals surface area contributed by atoms with Gasteiger partial charge in [-0.2, -0.15) is 0 Å². The predicted molar refractivity (Wildman–Crippen MR) is 59.1 cm³/mol. The Morgan fingerprint density at radius 2 is 2.12 bits per heavy atom. The molecule has 0 atom stereocenters. The molecule has 0 aromatic heterocycles. The maximum Gasteiger partial charge on any atom is 0.341 e. The van der Waals surface area contributed by atoms with Crippen molar-refractivity contribution in [2.45, 2.75) is 6.92 Å². The molecule has 0 saturated carbocycles. The first-order valence-electron chi connectivity index (χ1n) is 4.69. The van der Waals surface area contributed by atoms with Gasteiger partial charge < -0.3 is 9.84 Å². The number of hydrogen-bond acceptors (Lipinski definition) is 4. The van der Waals surface area contributed by atoms with Crippen molar-refractivity contribution in [3.8, 4) is 5.75 Å². The number of benzene rings is 1. The molecule has 0 spiro atoms. The number of hydrogen-bond donors (Lipinski definition) is 1. The number of carbonyl (C=O) groups is 2. The summed E-state index contributed by atoms with van der Waals surface area (Å²) in [6.07, 6.45) is 0. The van der Waals surface area contributed by atoms with Crippen molar-refractivity contribution in [1.82, 2.24) is 0 Å². The van der Waals surface area contributed by atoms with Crippen LogP contribution in [0.25, 0.3) is 0 Å². The van der Waals surface area contributed by atoms with Gasteiger partial charge in [0.15, 0.2) is 5.78 Å².